The van der Waals surface area contributed by atoms with Gasteiger partial charge < -0.3 is 20.9 Å². The van der Waals surface area contributed by atoms with E-state index in [1.165, 1.54) is 6.07 Å². The maximum Gasteiger partial charge on any atom is 0.407 e. The number of benzene rings is 1. The summed E-state index contributed by atoms with van der Waals surface area (Å²) in [6.07, 6.45) is -0.485. The largest absolute Gasteiger partial charge is 0.506 e. The highest BCUT2D eigenvalue weighted by Crippen LogP contribution is 2.27. The maximum atomic E-state index is 11.6. The van der Waals surface area contributed by atoms with Gasteiger partial charge in [0.2, 0.25) is 0 Å². The number of carbonyl (C=O) groups is 1. The molecule has 0 radical (unpaired) electrons. The van der Waals surface area contributed by atoms with Gasteiger partial charge in [-0.15, -0.1) is 0 Å². The van der Waals surface area contributed by atoms with Gasteiger partial charge in [-0.3, -0.25) is 0 Å². The van der Waals surface area contributed by atoms with E-state index in [9.17, 15) is 9.90 Å². The third-order valence-electron chi connectivity index (χ3n) is 2.62. The van der Waals surface area contributed by atoms with Crippen LogP contribution in [0.5, 0.6) is 5.75 Å². The molecule has 0 spiro atoms. The van der Waals surface area contributed by atoms with Gasteiger partial charge in [0.1, 0.15) is 11.4 Å². The number of nitrogens with two attached hydrogens (primary N) is 1. The normalized spacial score (nSPS) is 12.8. The van der Waals surface area contributed by atoms with Crippen LogP contribution in [-0.2, 0) is 4.74 Å². The zero-order chi connectivity index (χ0) is 15.3. The molecule has 1 amide bonds. The number of carbonyl (C=O) groups excluding carboxylic acids is 1. The molecule has 0 aromatic heterocycles. The van der Waals surface area contributed by atoms with Crippen molar-refractivity contribution in [3.05, 3.63) is 28.8 Å². The first-order valence-electron chi connectivity index (χ1n) is 6.38. The fraction of sp³-hybridized carbons (Fsp3) is 0.500. The van der Waals surface area contributed by atoms with Crippen LogP contribution in [0, 0.1) is 0 Å². The lowest BCUT2D eigenvalue weighted by Gasteiger charge is -2.21. The van der Waals surface area contributed by atoms with Crippen LogP contribution in [0.4, 0.5) is 4.79 Å². The molecular formula is C14H21ClN2O3. The van der Waals surface area contributed by atoms with Crippen molar-refractivity contribution in [2.24, 2.45) is 5.73 Å². The molecule has 1 aromatic carbocycles. The minimum atomic E-state index is -0.538. The summed E-state index contributed by atoms with van der Waals surface area (Å²) in [5.74, 6) is -0.0769. The van der Waals surface area contributed by atoms with E-state index in [4.69, 9.17) is 22.1 Å². The first-order valence-corrected chi connectivity index (χ1v) is 6.76. The van der Waals surface area contributed by atoms with Crippen LogP contribution < -0.4 is 11.1 Å². The number of alkyl carbamates (subject to hydrolysis) is 1. The smallest absolute Gasteiger partial charge is 0.407 e. The van der Waals surface area contributed by atoms with E-state index in [1.807, 2.05) is 0 Å². The minimum Gasteiger partial charge on any atom is -0.506 e. The Kier molecular flexibility index (Phi) is 5.65. The summed E-state index contributed by atoms with van der Waals surface area (Å²) in [4.78, 5) is 11.6. The number of nitrogens with one attached hydrogen (secondary N) is 1. The Hall–Kier alpha value is -1.46. The minimum absolute atomic E-state index is 0.0197. The molecule has 1 aromatic rings. The van der Waals surface area contributed by atoms with Crippen molar-refractivity contribution in [3.8, 4) is 5.75 Å². The van der Waals surface area contributed by atoms with Crippen molar-refractivity contribution in [1.29, 1.82) is 0 Å². The van der Waals surface area contributed by atoms with E-state index in [0.29, 0.717) is 13.1 Å². The van der Waals surface area contributed by atoms with Crippen LogP contribution >= 0.6 is 11.6 Å². The molecular weight excluding hydrogens is 280 g/mol. The Morgan fingerprint density at radius 3 is 2.65 bits per heavy atom. The van der Waals surface area contributed by atoms with Crippen molar-refractivity contribution in [2.45, 2.75) is 32.3 Å². The second-order valence-corrected chi connectivity index (χ2v) is 5.93. The molecule has 0 aliphatic rings. The molecule has 6 heteroatoms. The summed E-state index contributed by atoms with van der Waals surface area (Å²) < 4.78 is 5.15. The van der Waals surface area contributed by atoms with Gasteiger partial charge in [-0.2, -0.15) is 0 Å². The summed E-state index contributed by atoms with van der Waals surface area (Å²) in [6.45, 7) is 6.08. The number of phenols is 1. The SMILES string of the molecule is CC(C)(C)OC(=O)NCC(CN)c1ccc(O)c(Cl)c1. The lowest BCUT2D eigenvalue weighted by molar-refractivity contribution is 0.0525. The highest BCUT2D eigenvalue weighted by molar-refractivity contribution is 6.32. The molecule has 0 fully saturated rings. The topological polar surface area (TPSA) is 84.6 Å². The Morgan fingerprint density at radius 2 is 2.15 bits per heavy atom. The molecule has 0 aliphatic heterocycles. The molecule has 112 valence electrons. The molecule has 1 rings (SSSR count). The molecule has 4 N–H and O–H groups in total. The molecule has 5 nitrogen and oxygen atoms in total. The van der Waals surface area contributed by atoms with Crippen molar-refractivity contribution in [3.63, 3.8) is 0 Å². The first kappa shape index (κ1) is 16.6. The van der Waals surface area contributed by atoms with E-state index in [-0.39, 0.29) is 16.7 Å². The van der Waals surface area contributed by atoms with Gasteiger partial charge in [0, 0.05) is 19.0 Å². The van der Waals surface area contributed by atoms with E-state index in [0.717, 1.165) is 5.56 Å². The number of hydrogen-bond acceptors (Lipinski definition) is 4. The van der Waals surface area contributed by atoms with E-state index >= 15 is 0 Å². The average molecular weight is 301 g/mol. The zero-order valence-corrected chi connectivity index (χ0v) is 12.7. The predicted octanol–water partition coefficient (Wildman–Crippen LogP) is 2.61. The van der Waals surface area contributed by atoms with E-state index < -0.39 is 11.7 Å². The molecule has 0 bridgehead atoms. The second-order valence-electron chi connectivity index (χ2n) is 5.53. The highest BCUT2D eigenvalue weighted by Gasteiger charge is 2.18. The Morgan fingerprint density at radius 1 is 1.50 bits per heavy atom. The lowest BCUT2D eigenvalue weighted by atomic mass is 9.99. The van der Waals surface area contributed by atoms with Gasteiger partial charge in [-0.05, 0) is 38.5 Å². The van der Waals surface area contributed by atoms with Gasteiger partial charge >= 0.3 is 6.09 Å². The first-order chi connectivity index (χ1) is 9.23. The molecule has 1 atom stereocenters. The van der Waals surface area contributed by atoms with Gasteiger partial charge in [0.25, 0.3) is 0 Å². The molecule has 0 saturated heterocycles. The summed E-state index contributed by atoms with van der Waals surface area (Å²) in [7, 11) is 0. The third-order valence-corrected chi connectivity index (χ3v) is 2.92. The van der Waals surface area contributed by atoms with Crippen LogP contribution in [0.1, 0.15) is 32.3 Å². The fourth-order valence-corrected chi connectivity index (χ4v) is 1.82. The fourth-order valence-electron chi connectivity index (χ4n) is 1.64. The monoisotopic (exact) mass is 300 g/mol. The van der Waals surface area contributed by atoms with Crippen LogP contribution in [0.2, 0.25) is 5.02 Å². The molecule has 1 unspecified atom stereocenters. The zero-order valence-electron chi connectivity index (χ0n) is 11.9. The van der Waals surface area contributed by atoms with Gasteiger partial charge in [0.05, 0.1) is 5.02 Å². The number of aromatic hydroxyl groups is 1. The Bertz CT molecular complexity index is 472. The third kappa shape index (κ3) is 5.27. The van der Waals surface area contributed by atoms with Gasteiger partial charge in [0.15, 0.2) is 0 Å². The van der Waals surface area contributed by atoms with Crippen molar-refractivity contribution in [1.82, 2.24) is 5.32 Å². The van der Waals surface area contributed by atoms with E-state index in [2.05, 4.69) is 5.32 Å². The Labute approximate surface area is 124 Å². The molecule has 0 heterocycles. The molecule has 0 aliphatic carbocycles. The predicted molar refractivity (Wildman–Crippen MR) is 79.1 cm³/mol. The quantitative estimate of drug-likeness (QED) is 0.798. The summed E-state index contributed by atoms with van der Waals surface area (Å²) >= 11 is 5.86. The number of amides is 1. The van der Waals surface area contributed by atoms with Gasteiger partial charge in [-0.25, -0.2) is 4.79 Å². The number of phenolic OH excluding ortho intramolecular Hbond substituents is 1. The summed E-state index contributed by atoms with van der Waals surface area (Å²) in [5, 5.41) is 12.3. The van der Waals surface area contributed by atoms with Crippen LogP contribution in [0.25, 0.3) is 0 Å². The van der Waals surface area contributed by atoms with E-state index in [1.54, 1.807) is 32.9 Å². The maximum absolute atomic E-state index is 11.6. The van der Waals surface area contributed by atoms with Crippen molar-refractivity contribution >= 4 is 17.7 Å². The number of halogens is 1. The second kappa shape index (κ2) is 6.81. The molecule has 20 heavy (non-hydrogen) atoms. The summed E-state index contributed by atoms with van der Waals surface area (Å²) in [6, 6.07) is 4.88. The number of hydrogen-bond donors (Lipinski definition) is 3. The van der Waals surface area contributed by atoms with Crippen LogP contribution in [0.3, 0.4) is 0 Å². The van der Waals surface area contributed by atoms with Crippen molar-refractivity contribution < 1.29 is 14.6 Å². The van der Waals surface area contributed by atoms with Gasteiger partial charge in [-0.1, -0.05) is 17.7 Å². The number of ether oxygens (including phenoxy) is 1. The Balaban J connectivity index is 2.63. The molecule has 0 saturated carbocycles. The van der Waals surface area contributed by atoms with Crippen LogP contribution in [0.15, 0.2) is 18.2 Å². The lowest BCUT2D eigenvalue weighted by Crippen LogP contribution is -2.36. The van der Waals surface area contributed by atoms with Crippen LogP contribution in [-0.4, -0.2) is 29.9 Å². The standard InChI is InChI=1S/C14H21ClN2O3/c1-14(2,3)20-13(19)17-8-10(7-16)9-4-5-12(18)11(15)6-9/h4-6,10,18H,7-8,16H2,1-3H3,(H,17,19). The summed E-state index contributed by atoms with van der Waals surface area (Å²) in [5.41, 5.74) is 6.02. The average Bonchev–Trinajstić information content (AvgIpc) is 2.32. The highest BCUT2D eigenvalue weighted by atomic mass is 35.5. The van der Waals surface area contributed by atoms with Crippen molar-refractivity contribution in [2.75, 3.05) is 13.1 Å². The number of rotatable bonds is 4.